The molecule has 0 bridgehead atoms. The molecule has 166 valence electrons. The molecule has 3 aromatic rings. The Morgan fingerprint density at radius 2 is 2.03 bits per heavy atom. The van der Waals surface area contributed by atoms with Crippen LogP contribution in [0.5, 0.6) is 0 Å². The molecular formula is C24H27N5O3. The van der Waals surface area contributed by atoms with Gasteiger partial charge in [0.05, 0.1) is 11.6 Å². The monoisotopic (exact) mass is 433 g/mol. The molecule has 8 nitrogen and oxygen atoms in total. The van der Waals surface area contributed by atoms with Crippen LogP contribution in [0.4, 0.5) is 0 Å². The second kappa shape index (κ2) is 9.30. The SMILES string of the molecule is CCNC(=O)C1(Cc2cc(-c3ccc(C)cc3)no2)CCCN(C(=O)c2cnccn2)C1. The molecule has 0 spiro atoms. The smallest absolute Gasteiger partial charge is 0.274 e. The van der Waals surface area contributed by atoms with Crippen molar-refractivity contribution in [2.45, 2.75) is 33.1 Å². The Bertz CT molecular complexity index is 1080. The molecule has 0 radical (unpaired) electrons. The summed E-state index contributed by atoms with van der Waals surface area (Å²) in [4.78, 5) is 36.0. The van der Waals surface area contributed by atoms with Crippen LogP contribution in [0.1, 0.15) is 41.6 Å². The number of carbonyl (C=O) groups is 2. The van der Waals surface area contributed by atoms with Crippen LogP contribution in [0.2, 0.25) is 0 Å². The van der Waals surface area contributed by atoms with Gasteiger partial charge in [0, 0.05) is 50.1 Å². The highest BCUT2D eigenvalue weighted by molar-refractivity contribution is 5.93. The Morgan fingerprint density at radius 3 is 2.75 bits per heavy atom. The molecule has 1 N–H and O–H groups in total. The van der Waals surface area contributed by atoms with Crippen LogP contribution in [-0.2, 0) is 11.2 Å². The molecule has 1 unspecified atom stereocenters. The van der Waals surface area contributed by atoms with Gasteiger partial charge in [-0.2, -0.15) is 0 Å². The molecule has 0 saturated carbocycles. The average molecular weight is 434 g/mol. The first-order valence-electron chi connectivity index (χ1n) is 10.9. The fourth-order valence-electron chi connectivity index (χ4n) is 4.22. The summed E-state index contributed by atoms with van der Waals surface area (Å²) in [6, 6.07) is 9.93. The van der Waals surface area contributed by atoms with Crippen LogP contribution in [0.25, 0.3) is 11.3 Å². The Morgan fingerprint density at radius 1 is 1.22 bits per heavy atom. The molecule has 32 heavy (non-hydrogen) atoms. The number of piperidine rings is 1. The highest BCUT2D eigenvalue weighted by Gasteiger charge is 2.44. The van der Waals surface area contributed by atoms with E-state index in [4.69, 9.17) is 4.52 Å². The van der Waals surface area contributed by atoms with Crippen LogP contribution < -0.4 is 5.32 Å². The van der Waals surface area contributed by atoms with Gasteiger partial charge < -0.3 is 14.7 Å². The van der Waals surface area contributed by atoms with E-state index in [0.717, 1.165) is 11.3 Å². The van der Waals surface area contributed by atoms with Gasteiger partial charge in [0.15, 0.2) is 0 Å². The number of aromatic nitrogens is 3. The second-order valence-electron chi connectivity index (χ2n) is 8.28. The molecule has 0 aliphatic carbocycles. The molecule has 1 fully saturated rings. The fourth-order valence-corrected chi connectivity index (χ4v) is 4.22. The van der Waals surface area contributed by atoms with E-state index in [-0.39, 0.29) is 24.1 Å². The summed E-state index contributed by atoms with van der Waals surface area (Å²) < 4.78 is 5.63. The lowest BCUT2D eigenvalue weighted by Gasteiger charge is -2.41. The van der Waals surface area contributed by atoms with Gasteiger partial charge in [-0.1, -0.05) is 35.0 Å². The number of aryl methyl sites for hydroxylation is 1. The number of rotatable bonds is 6. The number of hydrogen-bond acceptors (Lipinski definition) is 6. The van der Waals surface area contributed by atoms with Crippen LogP contribution >= 0.6 is 0 Å². The van der Waals surface area contributed by atoms with Crippen molar-refractivity contribution in [1.29, 1.82) is 0 Å². The topological polar surface area (TPSA) is 101 Å². The third kappa shape index (κ3) is 4.54. The molecule has 3 heterocycles. The standard InChI is InChI=1S/C24H27N5O3/c1-3-26-23(31)24(9-4-12-29(16-24)22(30)21-15-25-10-11-27-21)14-19-13-20(28-32-19)18-7-5-17(2)6-8-18/h5-8,10-11,13,15H,3-4,9,12,14,16H2,1-2H3,(H,26,31). The molecule has 1 aliphatic heterocycles. The summed E-state index contributed by atoms with van der Waals surface area (Å²) in [5.41, 5.74) is 2.34. The number of hydrogen-bond donors (Lipinski definition) is 1. The highest BCUT2D eigenvalue weighted by Crippen LogP contribution is 2.35. The lowest BCUT2D eigenvalue weighted by molar-refractivity contribution is -0.134. The molecule has 1 aliphatic rings. The molecule has 1 aromatic carbocycles. The minimum absolute atomic E-state index is 0.0788. The van der Waals surface area contributed by atoms with Crippen molar-refractivity contribution in [1.82, 2.24) is 25.3 Å². The summed E-state index contributed by atoms with van der Waals surface area (Å²) in [5, 5.41) is 7.17. The van der Waals surface area contributed by atoms with Gasteiger partial charge in [0.1, 0.15) is 17.1 Å². The number of nitrogens with one attached hydrogen (secondary N) is 1. The number of benzene rings is 1. The molecule has 1 saturated heterocycles. The van der Waals surface area contributed by atoms with Crippen molar-refractivity contribution in [3.8, 4) is 11.3 Å². The summed E-state index contributed by atoms with van der Waals surface area (Å²) >= 11 is 0. The normalized spacial score (nSPS) is 18.4. The third-order valence-corrected chi connectivity index (χ3v) is 5.88. The molecule has 2 amide bonds. The molecular weight excluding hydrogens is 406 g/mol. The first-order valence-corrected chi connectivity index (χ1v) is 10.9. The number of carbonyl (C=O) groups excluding carboxylic acids is 2. The minimum atomic E-state index is -0.795. The van der Waals surface area contributed by atoms with Crippen LogP contribution in [0.3, 0.4) is 0 Å². The molecule has 2 aromatic heterocycles. The quantitative estimate of drug-likeness (QED) is 0.641. The largest absolute Gasteiger partial charge is 0.361 e. The first kappa shape index (κ1) is 21.7. The first-order chi connectivity index (χ1) is 15.5. The molecule has 1 atom stereocenters. The van der Waals surface area contributed by atoms with E-state index in [1.165, 1.54) is 24.2 Å². The van der Waals surface area contributed by atoms with E-state index in [2.05, 4.69) is 20.4 Å². The van der Waals surface area contributed by atoms with Crippen molar-refractivity contribution in [2.75, 3.05) is 19.6 Å². The maximum Gasteiger partial charge on any atom is 0.274 e. The second-order valence-corrected chi connectivity index (χ2v) is 8.28. The maximum absolute atomic E-state index is 13.2. The van der Waals surface area contributed by atoms with Crippen molar-refractivity contribution < 1.29 is 14.1 Å². The lowest BCUT2D eigenvalue weighted by atomic mass is 9.75. The zero-order valence-electron chi connectivity index (χ0n) is 18.4. The molecule has 8 heteroatoms. The predicted octanol–water partition coefficient (Wildman–Crippen LogP) is 3.04. The highest BCUT2D eigenvalue weighted by atomic mass is 16.5. The molecule has 4 rings (SSSR count). The van der Waals surface area contributed by atoms with Crippen LogP contribution in [0, 0.1) is 12.3 Å². The van der Waals surface area contributed by atoms with Gasteiger partial charge in [0.25, 0.3) is 5.91 Å². The van der Waals surface area contributed by atoms with E-state index in [1.54, 1.807) is 4.90 Å². The number of amides is 2. The van der Waals surface area contributed by atoms with E-state index in [1.807, 2.05) is 44.2 Å². The van der Waals surface area contributed by atoms with E-state index >= 15 is 0 Å². The summed E-state index contributed by atoms with van der Waals surface area (Å²) in [6.07, 6.45) is 6.21. The van der Waals surface area contributed by atoms with Gasteiger partial charge in [0.2, 0.25) is 5.91 Å². The van der Waals surface area contributed by atoms with Gasteiger partial charge in [-0.15, -0.1) is 0 Å². The average Bonchev–Trinajstić information content (AvgIpc) is 3.28. The maximum atomic E-state index is 13.2. The predicted molar refractivity (Wildman–Crippen MR) is 119 cm³/mol. The lowest BCUT2D eigenvalue weighted by Crippen LogP contribution is -2.54. The van der Waals surface area contributed by atoms with E-state index in [0.29, 0.717) is 38.1 Å². The number of likely N-dealkylation sites (tertiary alicyclic amines) is 1. The van der Waals surface area contributed by atoms with Crippen molar-refractivity contribution >= 4 is 11.8 Å². The summed E-state index contributed by atoms with van der Waals surface area (Å²) in [5.74, 6) is 0.329. The van der Waals surface area contributed by atoms with Crippen molar-refractivity contribution in [3.63, 3.8) is 0 Å². The zero-order chi connectivity index (χ0) is 22.6. The number of nitrogens with zero attached hydrogens (tertiary/aromatic N) is 4. The Balaban J connectivity index is 1.59. The van der Waals surface area contributed by atoms with Crippen molar-refractivity contribution in [3.05, 3.63) is 65.9 Å². The van der Waals surface area contributed by atoms with Gasteiger partial charge >= 0.3 is 0 Å². The van der Waals surface area contributed by atoms with Gasteiger partial charge in [-0.3, -0.25) is 14.6 Å². The van der Waals surface area contributed by atoms with Crippen LogP contribution in [-0.4, -0.2) is 51.5 Å². The zero-order valence-corrected chi connectivity index (χ0v) is 18.4. The Kier molecular flexibility index (Phi) is 6.30. The van der Waals surface area contributed by atoms with Crippen molar-refractivity contribution in [2.24, 2.45) is 5.41 Å². The third-order valence-electron chi connectivity index (χ3n) is 5.88. The minimum Gasteiger partial charge on any atom is -0.361 e. The fraction of sp³-hybridized carbons (Fsp3) is 0.375. The van der Waals surface area contributed by atoms with Gasteiger partial charge in [-0.25, -0.2) is 4.98 Å². The van der Waals surface area contributed by atoms with Crippen LogP contribution in [0.15, 0.2) is 53.4 Å². The summed E-state index contributed by atoms with van der Waals surface area (Å²) in [6.45, 7) is 5.30. The van der Waals surface area contributed by atoms with Gasteiger partial charge in [-0.05, 0) is 26.7 Å². The van der Waals surface area contributed by atoms with E-state index in [9.17, 15) is 9.59 Å². The Labute approximate surface area is 187 Å². The Hall–Kier alpha value is -3.55. The summed E-state index contributed by atoms with van der Waals surface area (Å²) in [7, 11) is 0. The van der Waals surface area contributed by atoms with E-state index < -0.39 is 5.41 Å².